The van der Waals surface area contributed by atoms with E-state index in [-0.39, 0.29) is 22.2 Å². The lowest BCUT2D eigenvalue weighted by Crippen LogP contribution is -2.25. The van der Waals surface area contributed by atoms with E-state index in [1.165, 1.54) is 60.7 Å². The van der Waals surface area contributed by atoms with Gasteiger partial charge in [-0.25, -0.2) is 0 Å². The van der Waals surface area contributed by atoms with E-state index < -0.39 is 0 Å². The first-order valence-corrected chi connectivity index (χ1v) is 18.3. The SMILES string of the molecule is CCc1ccc(C2(CCCC(=O)OC)C34C=Cc5cc6c7c8c5C32c2c3c5c(cc9ccc%10cc(c7c7c%10c9c5c7c28)C6)CC3=C4)s1. The predicted octanol–water partition coefficient (Wildman–Crippen LogP) is 10.3. The molecule has 0 radical (unpaired) electrons. The predicted molar refractivity (Wildman–Crippen MR) is 193 cm³/mol. The standard InChI is InChI=1S/C44H28O2S/c1-3-26-8-9-27(47-26)43(11-4-5-28(45)46-2)42-12-10-21-15-24-16-22-13-19-6-7-20-14-23-17-25(18-42)34-33(23)36-30(20)29(19)35-31(22)32(24)38-39(37(35)36)41(34)44(42,43)40(21)38/h6-10,12-15,18H,3-5,11,16-17H2,1-2H3. The highest BCUT2D eigenvalue weighted by atomic mass is 32.1. The van der Waals surface area contributed by atoms with Crippen LogP contribution in [0.25, 0.3) is 76.3 Å². The molecule has 7 aromatic carbocycles. The highest BCUT2D eigenvalue weighted by Gasteiger charge is 2.89. The van der Waals surface area contributed by atoms with Crippen molar-refractivity contribution in [3.8, 4) is 0 Å². The fourth-order valence-electron chi connectivity index (χ4n) is 13.1. The fraction of sp³-hybridized carbons (Fsp3) is 0.250. The van der Waals surface area contributed by atoms with Crippen molar-refractivity contribution < 1.29 is 9.53 Å². The van der Waals surface area contributed by atoms with Crippen LogP contribution in [0.4, 0.5) is 0 Å². The third-order valence-corrected chi connectivity index (χ3v) is 15.7. The number of thiophene rings is 1. The van der Waals surface area contributed by atoms with E-state index in [1.54, 1.807) is 65.4 Å². The first kappa shape index (κ1) is 23.8. The maximum Gasteiger partial charge on any atom is 0.305 e. The van der Waals surface area contributed by atoms with Gasteiger partial charge in [0.2, 0.25) is 0 Å². The number of esters is 1. The Labute approximate surface area is 274 Å². The zero-order valence-corrected chi connectivity index (χ0v) is 27.1. The van der Waals surface area contributed by atoms with Crippen molar-refractivity contribution in [2.45, 2.75) is 56.3 Å². The molecule has 1 saturated carbocycles. The molecule has 14 rings (SSSR count). The Bertz CT molecular complexity index is 2990. The molecule has 3 unspecified atom stereocenters. The maximum atomic E-state index is 12.6. The molecule has 1 spiro atoms. The summed E-state index contributed by atoms with van der Waals surface area (Å²) >= 11 is 2.03. The smallest absolute Gasteiger partial charge is 0.305 e. The van der Waals surface area contributed by atoms with Gasteiger partial charge in [-0.1, -0.05) is 55.5 Å². The largest absolute Gasteiger partial charge is 0.469 e. The second-order valence-electron chi connectivity index (χ2n) is 15.5. The highest BCUT2D eigenvalue weighted by Crippen LogP contribution is 2.91. The first-order chi connectivity index (χ1) is 23.1. The third kappa shape index (κ3) is 1.95. The zero-order chi connectivity index (χ0) is 30.5. The van der Waals surface area contributed by atoms with Crippen molar-refractivity contribution in [1.82, 2.24) is 0 Å². The van der Waals surface area contributed by atoms with Gasteiger partial charge >= 0.3 is 5.97 Å². The Morgan fingerprint density at radius 2 is 1.53 bits per heavy atom. The van der Waals surface area contributed by atoms with Gasteiger partial charge in [0.25, 0.3) is 0 Å². The van der Waals surface area contributed by atoms with Gasteiger partial charge in [-0.05, 0) is 153 Å². The summed E-state index contributed by atoms with van der Waals surface area (Å²) in [5, 5.41) is 18.3. The fourth-order valence-corrected chi connectivity index (χ4v) is 14.4. The minimum absolute atomic E-state index is 0.0968. The van der Waals surface area contributed by atoms with E-state index in [4.69, 9.17) is 4.74 Å². The van der Waals surface area contributed by atoms with Crippen LogP contribution in [0.1, 0.15) is 74.9 Å². The van der Waals surface area contributed by atoms with E-state index in [0.29, 0.717) is 6.42 Å². The number of hydrogen-bond acceptors (Lipinski definition) is 3. The summed E-state index contributed by atoms with van der Waals surface area (Å²) in [6.07, 6.45) is 13.3. The lowest BCUT2D eigenvalue weighted by molar-refractivity contribution is -0.140. The van der Waals surface area contributed by atoms with Gasteiger partial charge < -0.3 is 4.74 Å². The van der Waals surface area contributed by atoms with E-state index >= 15 is 0 Å². The molecule has 3 heteroatoms. The number of aryl methyl sites for hydroxylation is 1. The van der Waals surface area contributed by atoms with Gasteiger partial charge in [0, 0.05) is 32.4 Å². The van der Waals surface area contributed by atoms with Gasteiger partial charge in [0.15, 0.2) is 0 Å². The van der Waals surface area contributed by atoms with Crippen molar-refractivity contribution in [3.63, 3.8) is 0 Å². The normalized spacial score (nSPS) is 26.2. The quantitative estimate of drug-likeness (QED) is 0.137. The van der Waals surface area contributed by atoms with Crippen LogP contribution >= 0.6 is 11.3 Å². The van der Waals surface area contributed by atoms with Crippen LogP contribution in [0, 0.1) is 5.41 Å². The molecule has 3 atom stereocenters. The van der Waals surface area contributed by atoms with E-state index in [0.717, 1.165) is 32.1 Å². The molecular formula is C44H28O2S. The Balaban J connectivity index is 1.26. The molecule has 0 N–H and O–H groups in total. The molecule has 6 aliphatic carbocycles. The van der Waals surface area contributed by atoms with Crippen LogP contribution in [0.15, 0.2) is 54.6 Å². The molecule has 222 valence electrons. The van der Waals surface area contributed by atoms with Crippen molar-refractivity contribution in [2.75, 3.05) is 7.11 Å². The summed E-state index contributed by atoms with van der Waals surface area (Å²) in [6, 6.07) is 17.3. The molecule has 8 aromatic rings. The minimum Gasteiger partial charge on any atom is -0.469 e. The lowest BCUT2D eigenvalue weighted by Gasteiger charge is -2.31. The van der Waals surface area contributed by atoms with Crippen LogP contribution in [-0.4, -0.2) is 13.1 Å². The number of ether oxygens (including phenoxy) is 1. The monoisotopic (exact) mass is 620 g/mol. The number of methoxy groups -OCH3 is 1. The van der Waals surface area contributed by atoms with Crippen molar-refractivity contribution in [2.24, 2.45) is 5.41 Å². The molecular weight excluding hydrogens is 593 g/mol. The second-order valence-corrected chi connectivity index (χ2v) is 16.7. The summed E-state index contributed by atoms with van der Waals surface area (Å²) in [4.78, 5) is 15.6. The van der Waals surface area contributed by atoms with Crippen LogP contribution in [-0.2, 0) is 39.6 Å². The molecule has 6 aliphatic rings. The first-order valence-electron chi connectivity index (χ1n) is 17.4. The molecule has 47 heavy (non-hydrogen) atoms. The Morgan fingerprint density at radius 1 is 0.809 bits per heavy atom. The van der Waals surface area contributed by atoms with Crippen molar-refractivity contribution in [1.29, 1.82) is 0 Å². The molecule has 1 heterocycles. The minimum atomic E-state index is -0.158. The number of rotatable bonds is 6. The van der Waals surface area contributed by atoms with Crippen LogP contribution in [0.5, 0.6) is 0 Å². The van der Waals surface area contributed by atoms with Gasteiger partial charge in [-0.2, -0.15) is 0 Å². The van der Waals surface area contributed by atoms with Crippen molar-refractivity contribution >= 4 is 93.6 Å². The molecule has 1 aromatic heterocycles. The number of allylic oxidation sites excluding steroid dienone is 3. The Hall–Kier alpha value is -4.47. The molecule has 0 amide bonds. The van der Waals surface area contributed by atoms with Gasteiger partial charge in [-0.3, -0.25) is 4.79 Å². The molecule has 1 fully saturated rings. The average Bonchev–Trinajstić information content (AvgIpc) is 3.77. The summed E-state index contributed by atoms with van der Waals surface area (Å²) in [5.74, 6) is -0.0968. The Kier molecular flexibility index (Phi) is 3.42. The third-order valence-electron chi connectivity index (χ3n) is 14.3. The topological polar surface area (TPSA) is 26.3 Å². The van der Waals surface area contributed by atoms with Crippen LogP contribution in [0.3, 0.4) is 0 Å². The molecule has 0 saturated heterocycles. The Morgan fingerprint density at radius 3 is 2.32 bits per heavy atom. The average molecular weight is 621 g/mol. The van der Waals surface area contributed by atoms with E-state index in [1.807, 2.05) is 11.3 Å². The van der Waals surface area contributed by atoms with Gasteiger partial charge in [0.05, 0.1) is 7.11 Å². The summed E-state index contributed by atoms with van der Waals surface area (Å²) in [6.45, 7) is 2.29. The van der Waals surface area contributed by atoms with Crippen LogP contribution in [0.2, 0.25) is 0 Å². The summed E-state index contributed by atoms with van der Waals surface area (Å²) in [5.41, 5.74) is 11.9. The lowest BCUT2D eigenvalue weighted by atomic mass is 9.71. The second kappa shape index (κ2) is 6.75. The van der Waals surface area contributed by atoms with Gasteiger partial charge in [-0.15, -0.1) is 11.3 Å². The van der Waals surface area contributed by atoms with E-state index in [9.17, 15) is 4.79 Å². The van der Waals surface area contributed by atoms with Crippen molar-refractivity contribution in [3.05, 3.63) is 103 Å². The number of benzene rings is 6. The molecule has 0 bridgehead atoms. The number of carbonyl (C=O) groups is 1. The maximum absolute atomic E-state index is 12.6. The molecule has 2 nitrogen and oxygen atoms in total. The number of carbonyl (C=O) groups excluding carboxylic acids is 1. The summed E-state index contributed by atoms with van der Waals surface area (Å²) < 4.78 is 5.20. The summed E-state index contributed by atoms with van der Waals surface area (Å²) in [7, 11) is 1.53. The number of hydrogen-bond donors (Lipinski definition) is 0. The van der Waals surface area contributed by atoms with Crippen LogP contribution < -0.4 is 0 Å². The highest BCUT2D eigenvalue weighted by molar-refractivity contribution is 7.12. The van der Waals surface area contributed by atoms with E-state index in [2.05, 4.69) is 67.6 Å². The molecule has 0 aliphatic heterocycles. The van der Waals surface area contributed by atoms with Gasteiger partial charge in [0.1, 0.15) is 0 Å². The zero-order valence-electron chi connectivity index (χ0n) is 26.2.